The van der Waals surface area contributed by atoms with Gasteiger partial charge < -0.3 is 9.80 Å². The van der Waals surface area contributed by atoms with Crippen molar-refractivity contribution < 1.29 is 13.6 Å². The number of piperidine rings is 1. The van der Waals surface area contributed by atoms with Gasteiger partial charge in [-0.3, -0.25) is 4.79 Å². The molecule has 7 heteroatoms. The fraction of sp³-hybridized carbons (Fsp3) is 0.526. The number of nitrogens with zero attached hydrogens (tertiary/aromatic N) is 4. The van der Waals surface area contributed by atoms with Crippen molar-refractivity contribution in [1.29, 1.82) is 0 Å². The van der Waals surface area contributed by atoms with Crippen molar-refractivity contribution in [3.8, 4) is 0 Å². The second-order valence-electron chi connectivity index (χ2n) is 7.23. The van der Waals surface area contributed by atoms with E-state index in [4.69, 9.17) is 4.98 Å². The monoisotopic (exact) mass is 360 g/mol. The van der Waals surface area contributed by atoms with Crippen LogP contribution in [0.5, 0.6) is 0 Å². The number of alkyl halides is 2. The van der Waals surface area contributed by atoms with E-state index >= 15 is 0 Å². The van der Waals surface area contributed by atoms with E-state index in [0.29, 0.717) is 6.54 Å². The zero-order valence-corrected chi connectivity index (χ0v) is 14.8. The number of para-hydroxylation sites is 2. The molecule has 0 bridgehead atoms. The van der Waals surface area contributed by atoms with Crippen LogP contribution in [0.25, 0.3) is 11.0 Å². The van der Waals surface area contributed by atoms with Crippen LogP contribution < -0.4 is 4.90 Å². The molecule has 0 aliphatic carbocycles. The normalized spacial score (nSPS) is 22.8. The average Bonchev–Trinajstić information content (AvgIpc) is 3.10. The highest BCUT2D eigenvalue weighted by Gasteiger charge is 2.39. The van der Waals surface area contributed by atoms with Crippen LogP contribution in [0.15, 0.2) is 24.3 Å². The molecule has 2 fully saturated rings. The van der Waals surface area contributed by atoms with Crippen molar-refractivity contribution in [3.63, 3.8) is 0 Å². The number of halogens is 2. The van der Waals surface area contributed by atoms with E-state index < -0.39 is 5.92 Å². The quantitative estimate of drug-likeness (QED) is 0.826. The smallest absolute Gasteiger partial charge is 0.251 e. The molecule has 0 spiro atoms. The lowest BCUT2D eigenvalue weighted by molar-refractivity contribution is -0.140. The Bertz CT molecular complexity index is 831. The molecule has 4 rings (SSSR count). The first-order valence-corrected chi connectivity index (χ1v) is 9.08. The van der Waals surface area contributed by atoms with Gasteiger partial charge in [-0.1, -0.05) is 12.1 Å². The van der Waals surface area contributed by atoms with E-state index in [2.05, 4.69) is 9.88 Å². The first kappa shape index (κ1) is 17.1. The molecule has 0 radical (unpaired) electrons. The minimum atomic E-state index is -2.63. The molecule has 2 saturated heterocycles. The summed E-state index contributed by atoms with van der Waals surface area (Å²) in [6.45, 7) is 3.53. The van der Waals surface area contributed by atoms with Gasteiger partial charge >= 0.3 is 0 Å². The third-order valence-electron chi connectivity index (χ3n) is 5.36. The highest BCUT2D eigenvalue weighted by molar-refractivity contribution is 5.81. The largest absolute Gasteiger partial charge is 0.354 e. The van der Waals surface area contributed by atoms with Crippen molar-refractivity contribution in [2.75, 3.05) is 31.1 Å². The van der Waals surface area contributed by atoms with E-state index in [1.54, 1.807) is 4.90 Å². The third-order valence-corrected chi connectivity index (χ3v) is 5.36. The van der Waals surface area contributed by atoms with Crippen molar-refractivity contribution >= 4 is 22.8 Å². The molecule has 1 aromatic carbocycles. The standard InChI is InChI=1S/C19H22F2N4O/c1-13-17(23-16-5-3-2-4-15(16)22-13)25-9-6-14(12-25)18(26)24-10-7-19(20,21)8-11-24/h2-5,14H,6-12H2,1H3. The molecule has 26 heavy (non-hydrogen) atoms. The fourth-order valence-electron chi connectivity index (χ4n) is 3.85. The van der Waals surface area contributed by atoms with E-state index in [-0.39, 0.29) is 37.8 Å². The molecular formula is C19H22F2N4O. The van der Waals surface area contributed by atoms with E-state index in [1.807, 2.05) is 31.2 Å². The summed E-state index contributed by atoms with van der Waals surface area (Å²) < 4.78 is 26.6. The molecule has 0 saturated carbocycles. The average molecular weight is 360 g/mol. The molecule has 5 nitrogen and oxygen atoms in total. The molecule has 1 aromatic heterocycles. The molecule has 2 aromatic rings. The number of rotatable bonds is 2. The Labute approximate surface area is 151 Å². The van der Waals surface area contributed by atoms with Crippen LogP contribution in [0.1, 0.15) is 25.0 Å². The number of amides is 1. The van der Waals surface area contributed by atoms with Crippen LogP contribution in [0.4, 0.5) is 14.6 Å². The van der Waals surface area contributed by atoms with Gasteiger partial charge in [0.2, 0.25) is 5.91 Å². The lowest BCUT2D eigenvalue weighted by Gasteiger charge is -2.33. The molecule has 2 aliphatic heterocycles. The van der Waals surface area contributed by atoms with Crippen LogP contribution in [-0.4, -0.2) is 52.9 Å². The Morgan fingerprint density at radius 3 is 2.46 bits per heavy atom. The Kier molecular flexibility index (Phi) is 4.25. The van der Waals surface area contributed by atoms with Crippen molar-refractivity contribution in [3.05, 3.63) is 30.0 Å². The Morgan fingerprint density at radius 2 is 1.77 bits per heavy atom. The number of aryl methyl sites for hydroxylation is 1. The predicted octanol–water partition coefficient (Wildman–Crippen LogP) is 3.02. The van der Waals surface area contributed by atoms with Gasteiger partial charge in [-0.2, -0.15) is 0 Å². The molecular weight excluding hydrogens is 338 g/mol. The summed E-state index contributed by atoms with van der Waals surface area (Å²) in [4.78, 5) is 25.7. The molecule has 3 heterocycles. The summed E-state index contributed by atoms with van der Waals surface area (Å²) in [5.74, 6) is -1.98. The molecule has 0 N–H and O–H groups in total. The molecule has 2 aliphatic rings. The van der Waals surface area contributed by atoms with E-state index in [1.165, 1.54) is 0 Å². The van der Waals surface area contributed by atoms with E-state index in [9.17, 15) is 13.6 Å². The lowest BCUT2D eigenvalue weighted by atomic mass is 10.0. The summed E-state index contributed by atoms with van der Waals surface area (Å²) in [5.41, 5.74) is 2.53. The molecule has 1 amide bonds. The van der Waals surface area contributed by atoms with Crippen LogP contribution in [0.3, 0.4) is 0 Å². The summed E-state index contributed by atoms with van der Waals surface area (Å²) in [7, 11) is 0. The Morgan fingerprint density at radius 1 is 1.12 bits per heavy atom. The molecule has 1 atom stereocenters. The summed E-state index contributed by atoms with van der Waals surface area (Å²) in [5, 5.41) is 0. The number of anilines is 1. The van der Waals surface area contributed by atoms with Crippen molar-refractivity contribution in [1.82, 2.24) is 14.9 Å². The highest BCUT2D eigenvalue weighted by atomic mass is 19.3. The second-order valence-corrected chi connectivity index (χ2v) is 7.23. The van der Waals surface area contributed by atoms with Gasteiger partial charge in [0, 0.05) is 39.0 Å². The first-order valence-electron chi connectivity index (χ1n) is 9.08. The van der Waals surface area contributed by atoms with Crippen LogP contribution in [-0.2, 0) is 4.79 Å². The summed E-state index contributed by atoms with van der Waals surface area (Å²) in [6.07, 6.45) is 0.258. The van der Waals surface area contributed by atoms with Gasteiger partial charge in [-0.25, -0.2) is 18.7 Å². The number of fused-ring (bicyclic) bond motifs is 1. The maximum Gasteiger partial charge on any atom is 0.251 e. The van der Waals surface area contributed by atoms with Crippen LogP contribution in [0.2, 0.25) is 0 Å². The SMILES string of the molecule is Cc1nc2ccccc2nc1N1CCC(C(=O)N2CCC(F)(F)CC2)C1. The number of hydrogen-bond donors (Lipinski definition) is 0. The van der Waals surface area contributed by atoms with Gasteiger partial charge in [0.15, 0.2) is 5.82 Å². The summed E-state index contributed by atoms with van der Waals surface area (Å²) in [6, 6.07) is 7.72. The van der Waals surface area contributed by atoms with Crippen molar-refractivity contribution in [2.24, 2.45) is 5.92 Å². The maximum atomic E-state index is 13.3. The number of carbonyl (C=O) groups excluding carboxylic acids is 1. The topological polar surface area (TPSA) is 49.3 Å². The highest BCUT2D eigenvalue weighted by Crippen LogP contribution is 2.31. The predicted molar refractivity (Wildman–Crippen MR) is 95.4 cm³/mol. The molecule has 138 valence electrons. The zero-order valence-electron chi connectivity index (χ0n) is 14.8. The zero-order chi connectivity index (χ0) is 18.3. The minimum Gasteiger partial charge on any atom is -0.354 e. The van der Waals surface area contributed by atoms with Gasteiger partial charge in [0.05, 0.1) is 22.6 Å². The lowest BCUT2D eigenvalue weighted by Crippen LogP contribution is -2.45. The van der Waals surface area contributed by atoms with Gasteiger partial charge in [-0.15, -0.1) is 0 Å². The number of carbonyl (C=O) groups is 1. The second kappa shape index (κ2) is 6.45. The first-order chi connectivity index (χ1) is 12.4. The number of likely N-dealkylation sites (tertiary alicyclic amines) is 1. The maximum absolute atomic E-state index is 13.3. The van der Waals surface area contributed by atoms with E-state index in [0.717, 1.165) is 35.5 Å². The van der Waals surface area contributed by atoms with Crippen LogP contribution in [0, 0.1) is 12.8 Å². The van der Waals surface area contributed by atoms with Gasteiger partial charge in [0.1, 0.15) is 0 Å². The summed E-state index contributed by atoms with van der Waals surface area (Å²) >= 11 is 0. The number of hydrogen-bond acceptors (Lipinski definition) is 4. The minimum absolute atomic E-state index is 0.00518. The Balaban J connectivity index is 1.47. The van der Waals surface area contributed by atoms with Crippen LogP contribution >= 0.6 is 0 Å². The molecule has 1 unspecified atom stereocenters. The number of benzene rings is 1. The number of aromatic nitrogens is 2. The van der Waals surface area contributed by atoms with Gasteiger partial charge in [0.25, 0.3) is 5.92 Å². The van der Waals surface area contributed by atoms with Crippen molar-refractivity contribution in [2.45, 2.75) is 32.1 Å². The fourth-order valence-corrected chi connectivity index (χ4v) is 3.85. The third kappa shape index (κ3) is 3.22. The van der Waals surface area contributed by atoms with Gasteiger partial charge in [-0.05, 0) is 25.5 Å². The Hall–Kier alpha value is -2.31.